The van der Waals surface area contributed by atoms with Crippen LogP contribution in [-0.2, 0) is 27.7 Å². The molecule has 0 bridgehead atoms. The Morgan fingerprint density at radius 2 is 0.930 bits per heavy atom. The predicted octanol–water partition coefficient (Wildman–Crippen LogP) is 14.5. The Morgan fingerprint density at radius 1 is 0.500 bits per heavy atom. The van der Waals surface area contributed by atoms with Crippen LogP contribution in [0.2, 0.25) is 15.1 Å². The fraction of sp³-hybridized carbons (Fsp3) is 0.250. The Bertz CT molecular complexity index is 5090. The molecule has 22 nitrogen and oxygen atoms in total. The van der Waals surface area contributed by atoms with Gasteiger partial charge in [0.2, 0.25) is 5.65 Å². The molecule has 1 unspecified atom stereocenters. The molecule has 5 aromatic carbocycles. The third-order valence-electron chi connectivity index (χ3n) is 17.5. The van der Waals surface area contributed by atoms with Crippen LogP contribution in [0.15, 0.2) is 178 Å². The average molecular weight is 1570 g/mol. The molecule has 4 aliphatic rings. The van der Waals surface area contributed by atoms with Gasteiger partial charge in [-0.15, -0.1) is 45.9 Å². The van der Waals surface area contributed by atoms with Crippen molar-refractivity contribution in [3.63, 3.8) is 0 Å². The lowest BCUT2D eigenvalue weighted by Crippen LogP contribution is -2.45. The summed E-state index contributed by atoms with van der Waals surface area (Å²) in [6, 6.07) is 48.9. The maximum Gasteiger partial charge on any atom is 0.205 e. The van der Waals surface area contributed by atoms with E-state index in [0.717, 1.165) is 137 Å². The van der Waals surface area contributed by atoms with Gasteiger partial charge in [-0.05, 0) is 79.2 Å². The maximum atomic E-state index is 14.5. The fourth-order valence-electron chi connectivity index (χ4n) is 12.1. The normalized spacial score (nSPS) is 15.3. The Morgan fingerprint density at radius 3 is 1.45 bits per heavy atom. The number of aromatic nitrogens is 16. The van der Waals surface area contributed by atoms with Crippen LogP contribution < -0.4 is 5.43 Å². The number of benzene rings is 5. The van der Waals surface area contributed by atoms with Crippen molar-refractivity contribution in [2.24, 2.45) is 31.3 Å². The highest BCUT2D eigenvalue weighted by atomic mass is 127. The summed E-state index contributed by atoms with van der Waals surface area (Å²) < 4.78 is 23.7. The summed E-state index contributed by atoms with van der Waals surface area (Å²) in [4.78, 5) is 4.84. The molecule has 1 aliphatic carbocycles. The standard InChI is InChI=1S/C18H20ClIN6.C15H13ClN4.C13H11BrN4.C13H11ClN4.C13H13FN4/c1-24-7-9-25(10-8-24)11-12-26-17(20)14-15(19)16(21-22-18(14)23-26)13-5-3-2-4-6-13;1-20-15-11(13(19-20)10-7-8-10)12(16)14(17-18-15)9-5-3-2-4-6-9;3*1-8-10-11(14)12(9-6-4-3-5-7-9)15-16-13(10)18(2)17-8/h2-6H,7-12H2,1H3;2-6,10H,7-8H2,1H3;2*3-7H,1-2H3;3-7,13,16H,1-2H3. The first-order valence-electron chi connectivity index (χ1n) is 32.3. The van der Waals surface area contributed by atoms with E-state index in [0.29, 0.717) is 60.7 Å². The van der Waals surface area contributed by atoms with Gasteiger partial charge in [-0.3, -0.25) is 20.0 Å². The predicted molar refractivity (Wildman–Crippen MR) is 406 cm³/mol. The summed E-state index contributed by atoms with van der Waals surface area (Å²) in [5.41, 5.74) is 18.0. The van der Waals surface area contributed by atoms with E-state index in [1.54, 1.807) is 33.0 Å². The first-order chi connectivity index (χ1) is 48.4. The molecule has 508 valence electrons. The van der Waals surface area contributed by atoms with Crippen molar-refractivity contribution < 1.29 is 4.39 Å². The number of nitrogens with zero attached hydrogens (tertiary/aromatic N) is 21. The zero-order valence-corrected chi connectivity index (χ0v) is 61.9. The number of rotatable bonds is 9. The first kappa shape index (κ1) is 69.4. The number of aryl methyl sites for hydroxylation is 5. The SMILES string of the molecule is CC1=NN(C)C2NN=C(c3ccccc3)C(F)=C12.CN1CCN(CCn2nc3nnc(-c4ccccc4)c(Cl)c3c2I)CC1.Cc1nn(C)c2nnc(-c3ccccc3)c(Br)c12.Cc1nn(C)c2nnc(-c3ccccc3)c(Cl)c12.Cn1nc(C2CC2)c2c(Cl)c(-c3ccccc3)nnc21. The van der Waals surface area contributed by atoms with Gasteiger partial charge in [0.25, 0.3) is 0 Å². The van der Waals surface area contributed by atoms with Crippen molar-refractivity contribution in [2.75, 3.05) is 46.8 Å². The highest BCUT2D eigenvalue weighted by Gasteiger charge is 2.36. The van der Waals surface area contributed by atoms with E-state index in [-0.39, 0.29) is 12.0 Å². The smallest absolute Gasteiger partial charge is 0.205 e. The van der Waals surface area contributed by atoms with Gasteiger partial charge < -0.3 is 4.90 Å². The van der Waals surface area contributed by atoms with E-state index in [2.05, 4.69) is 132 Å². The lowest BCUT2D eigenvalue weighted by atomic mass is 10.0. The number of allylic oxidation sites excluding steroid dienone is 1. The van der Waals surface area contributed by atoms with Gasteiger partial charge in [0, 0.05) is 94.6 Å². The molecule has 3 aliphatic heterocycles. The van der Waals surface area contributed by atoms with Crippen LogP contribution in [0.4, 0.5) is 4.39 Å². The number of hydrogen-bond acceptors (Lipinski definition) is 18. The Hall–Kier alpha value is -9.09. The highest BCUT2D eigenvalue weighted by molar-refractivity contribution is 14.1. The molecule has 8 aromatic heterocycles. The molecule has 17 rings (SSSR count). The molecular weight excluding hydrogens is 1510 g/mol. The van der Waals surface area contributed by atoms with Gasteiger partial charge in [-0.1, -0.05) is 186 Å². The van der Waals surface area contributed by atoms with Gasteiger partial charge in [0.15, 0.2) is 28.9 Å². The van der Waals surface area contributed by atoms with Gasteiger partial charge >= 0.3 is 0 Å². The lowest BCUT2D eigenvalue weighted by Gasteiger charge is -2.32. The highest BCUT2D eigenvalue weighted by Crippen LogP contribution is 2.45. The molecule has 2 fully saturated rings. The number of halogens is 6. The zero-order valence-electron chi connectivity index (χ0n) is 55.9. The van der Waals surface area contributed by atoms with Crippen LogP contribution in [-0.4, -0.2) is 159 Å². The van der Waals surface area contributed by atoms with Crippen LogP contribution in [0.3, 0.4) is 0 Å². The maximum absolute atomic E-state index is 14.5. The van der Waals surface area contributed by atoms with Crippen LogP contribution in [0.25, 0.3) is 89.2 Å². The van der Waals surface area contributed by atoms with Crippen molar-refractivity contribution in [3.8, 4) is 45.0 Å². The minimum Gasteiger partial charge on any atom is -0.304 e. The van der Waals surface area contributed by atoms with E-state index in [1.165, 1.54) is 12.8 Å². The van der Waals surface area contributed by atoms with Gasteiger partial charge in [0.1, 0.15) is 32.2 Å². The minimum absolute atomic E-state index is 0.294. The summed E-state index contributed by atoms with van der Waals surface area (Å²) in [7, 11) is 9.57. The number of likely N-dealkylation sites (N-methyl/N-ethyl adjacent to an activating group) is 2. The fourth-order valence-corrected chi connectivity index (χ4v) is 14.9. The molecule has 28 heteroatoms. The quantitative estimate of drug-likeness (QED) is 0.133. The second-order valence-corrected chi connectivity index (χ2v) is 27.4. The molecule has 1 saturated carbocycles. The molecule has 0 radical (unpaired) electrons. The van der Waals surface area contributed by atoms with Crippen LogP contribution in [0.5, 0.6) is 0 Å². The second-order valence-electron chi connectivity index (χ2n) is 24.4. The van der Waals surface area contributed by atoms with Crippen molar-refractivity contribution >= 4 is 129 Å². The molecule has 1 atom stereocenters. The molecule has 1 N–H and O–H groups in total. The summed E-state index contributed by atoms with van der Waals surface area (Å²) in [5.74, 6) is 0.236. The molecule has 0 spiro atoms. The van der Waals surface area contributed by atoms with Gasteiger partial charge in [-0.2, -0.15) is 25.5 Å². The van der Waals surface area contributed by atoms with Crippen molar-refractivity contribution in [1.29, 1.82) is 0 Å². The molecule has 100 heavy (non-hydrogen) atoms. The lowest BCUT2D eigenvalue weighted by molar-refractivity contribution is 0.148. The molecular formula is C72H68BrCl3FIN22. The number of piperazine rings is 1. The first-order valence-corrected chi connectivity index (χ1v) is 35.3. The van der Waals surface area contributed by atoms with Crippen molar-refractivity contribution in [2.45, 2.75) is 52.2 Å². The number of fused-ring (bicyclic) bond motifs is 5. The molecule has 13 aromatic rings. The summed E-state index contributed by atoms with van der Waals surface area (Å²) in [6.45, 7) is 12.0. The van der Waals surface area contributed by atoms with Crippen molar-refractivity contribution in [1.82, 2.24) is 100 Å². The minimum atomic E-state index is -0.296. The summed E-state index contributed by atoms with van der Waals surface area (Å²) >= 11 is 25.7. The van der Waals surface area contributed by atoms with E-state index in [4.69, 9.17) is 34.8 Å². The van der Waals surface area contributed by atoms with E-state index in [1.807, 2.05) is 191 Å². The van der Waals surface area contributed by atoms with Gasteiger partial charge in [0.05, 0.1) is 76.0 Å². The summed E-state index contributed by atoms with van der Waals surface area (Å²) in [5, 5.41) is 67.7. The van der Waals surface area contributed by atoms with Crippen molar-refractivity contribution in [3.05, 3.63) is 209 Å². The van der Waals surface area contributed by atoms with Crippen LogP contribution in [0, 0.1) is 17.5 Å². The largest absolute Gasteiger partial charge is 0.304 e. The third-order valence-corrected chi connectivity index (χ3v) is 20.5. The van der Waals surface area contributed by atoms with Crippen LogP contribution >= 0.6 is 73.3 Å². The Balaban J connectivity index is 0.000000113. The number of hydrazone groups is 2. The Kier molecular flexibility index (Phi) is 21.1. The number of nitrogens with one attached hydrogen (secondary N) is 1. The topological polar surface area (TPSA) is 221 Å². The molecule has 1 saturated heterocycles. The molecule has 11 heterocycles. The van der Waals surface area contributed by atoms with Gasteiger partial charge in [-0.25, -0.2) is 18.4 Å². The second kappa shape index (κ2) is 30.4. The van der Waals surface area contributed by atoms with E-state index < -0.39 is 0 Å². The summed E-state index contributed by atoms with van der Waals surface area (Å²) in [6.07, 6.45) is 2.08. The van der Waals surface area contributed by atoms with E-state index >= 15 is 0 Å². The van der Waals surface area contributed by atoms with Crippen LogP contribution in [0.1, 0.15) is 48.3 Å². The zero-order chi connectivity index (χ0) is 69.9. The monoisotopic (exact) mass is 1570 g/mol. The third kappa shape index (κ3) is 14.5. The van der Waals surface area contributed by atoms with E-state index in [9.17, 15) is 4.39 Å². The molecule has 0 amide bonds. The average Bonchev–Trinajstić information content (AvgIpc) is 1.61. The Labute approximate surface area is 613 Å². The number of hydrogen-bond donors (Lipinski definition) is 1.